The van der Waals surface area contributed by atoms with Gasteiger partial charge >= 0.3 is 5.69 Å². The van der Waals surface area contributed by atoms with Gasteiger partial charge in [-0.3, -0.25) is 14.3 Å². The van der Waals surface area contributed by atoms with Gasteiger partial charge in [-0.15, -0.1) is 0 Å². The van der Waals surface area contributed by atoms with Crippen LogP contribution in [0.25, 0.3) is 0 Å². The van der Waals surface area contributed by atoms with Crippen molar-refractivity contribution in [2.75, 3.05) is 41.2 Å². The van der Waals surface area contributed by atoms with E-state index in [1.807, 2.05) is 78.9 Å². The maximum atomic E-state index is 13.0. The Morgan fingerprint density at radius 1 is 0.913 bits per heavy atom. The molecular formula is C35H38N2O9. The van der Waals surface area contributed by atoms with Gasteiger partial charge in [0.05, 0.1) is 27.4 Å². The van der Waals surface area contributed by atoms with Crippen molar-refractivity contribution >= 4 is 0 Å². The second-order valence-electron chi connectivity index (χ2n) is 11.7. The van der Waals surface area contributed by atoms with Crippen molar-refractivity contribution in [1.29, 1.82) is 0 Å². The summed E-state index contributed by atoms with van der Waals surface area (Å²) in [4.78, 5) is 27.6. The summed E-state index contributed by atoms with van der Waals surface area (Å²) in [6, 6.07) is 25.0. The van der Waals surface area contributed by atoms with E-state index in [2.05, 4.69) is 4.98 Å². The van der Waals surface area contributed by atoms with Crippen molar-refractivity contribution in [1.82, 2.24) is 9.55 Å². The van der Waals surface area contributed by atoms with Gasteiger partial charge < -0.3 is 33.5 Å². The number of rotatable bonds is 10. The average molecular weight is 631 g/mol. The van der Waals surface area contributed by atoms with E-state index in [0.29, 0.717) is 17.1 Å². The minimum absolute atomic E-state index is 0.0347. The van der Waals surface area contributed by atoms with E-state index in [0.717, 1.165) is 16.7 Å². The summed E-state index contributed by atoms with van der Waals surface area (Å²) < 4.78 is 37.8. The fourth-order valence-corrected chi connectivity index (χ4v) is 6.67. The summed E-state index contributed by atoms with van der Waals surface area (Å²) >= 11 is 0. The Labute approximate surface area is 266 Å². The second-order valence-corrected chi connectivity index (χ2v) is 11.7. The molecule has 0 aliphatic carbocycles. The monoisotopic (exact) mass is 630 g/mol. The Kier molecular flexibility index (Phi) is 8.62. The van der Waals surface area contributed by atoms with Gasteiger partial charge in [0.25, 0.3) is 5.56 Å². The van der Waals surface area contributed by atoms with Crippen LogP contribution in [0.2, 0.25) is 0 Å². The summed E-state index contributed by atoms with van der Waals surface area (Å²) in [5.74, 6) is 1.36. The zero-order valence-electron chi connectivity index (χ0n) is 26.2. The van der Waals surface area contributed by atoms with Crippen LogP contribution in [0, 0.1) is 6.92 Å². The Morgan fingerprint density at radius 2 is 1.50 bits per heavy atom. The quantitative estimate of drug-likeness (QED) is 0.254. The number of aromatic amines is 1. The lowest BCUT2D eigenvalue weighted by Gasteiger charge is -2.47. The number of nitrogens with zero attached hydrogens (tertiary/aromatic N) is 1. The van der Waals surface area contributed by atoms with Crippen molar-refractivity contribution in [2.45, 2.75) is 42.5 Å². The van der Waals surface area contributed by atoms with Crippen LogP contribution in [0.5, 0.6) is 11.5 Å². The summed E-state index contributed by atoms with van der Waals surface area (Å²) in [5, 5.41) is 12.5. The number of hydrogen-bond donors (Lipinski definition) is 2. The molecule has 0 spiro atoms. The molecule has 2 saturated heterocycles. The number of aromatic nitrogens is 2. The topological polar surface area (TPSA) is 130 Å². The smallest absolute Gasteiger partial charge is 0.330 e. The fourth-order valence-electron chi connectivity index (χ4n) is 6.67. The highest BCUT2D eigenvalue weighted by molar-refractivity contribution is 5.50. The highest BCUT2D eigenvalue weighted by Crippen LogP contribution is 2.52. The van der Waals surface area contributed by atoms with Crippen molar-refractivity contribution in [3.63, 3.8) is 0 Å². The van der Waals surface area contributed by atoms with E-state index in [4.69, 9.17) is 28.4 Å². The molecule has 3 aromatic carbocycles. The Balaban J connectivity index is 1.51. The molecule has 11 nitrogen and oxygen atoms in total. The van der Waals surface area contributed by atoms with Crippen LogP contribution < -0.4 is 20.7 Å². The van der Waals surface area contributed by atoms with E-state index in [1.54, 1.807) is 21.1 Å². The minimum Gasteiger partial charge on any atom is -0.497 e. The third-order valence-electron chi connectivity index (χ3n) is 9.20. The van der Waals surface area contributed by atoms with Gasteiger partial charge in [-0.05, 0) is 47.9 Å². The number of methoxy groups -OCH3 is 3. The van der Waals surface area contributed by atoms with Crippen LogP contribution in [0.4, 0.5) is 0 Å². The maximum Gasteiger partial charge on any atom is 0.330 e. The lowest BCUT2D eigenvalue weighted by atomic mass is 9.76. The predicted molar refractivity (Wildman–Crippen MR) is 168 cm³/mol. The van der Waals surface area contributed by atoms with E-state index in [1.165, 1.54) is 17.9 Å². The third-order valence-corrected chi connectivity index (χ3v) is 9.20. The van der Waals surface area contributed by atoms with Gasteiger partial charge in [0.2, 0.25) is 0 Å². The largest absolute Gasteiger partial charge is 0.497 e. The van der Waals surface area contributed by atoms with Gasteiger partial charge in [0, 0.05) is 31.9 Å². The summed E-state index contributed by atoms with van der Waals surface area (Å²) in [5.41, 5.74) is -2.76. The number of nitrogens with one attached hydrogen (secondary N) is 1. The zero-order valence-corrected chi connectivity index (χ0v) is 26.2. The van der Waals surface area contributed by atoms with Gasteiger partial charge in [-0.1, -0.05) is 54.6 Å². The van der Waals surface area contributed by atoms with Crippen LogP contribution in [-0.2, 0) is 24.5 Å². The molecule has 4 aromatic rings. The van der Waals surface area contributed by atoms with Crippen molar-refractivity contribution in [3.05, 3.63) is 128 Å². The maximum absolute atomic E-state index is 13.0. The van der Waals surface area contributed by atoms with Crippen LogP contribution in [0.1, 0.15) is 34.9 Å². The molecule has 242 valence electrons. The van der Waals surface area contributed by atoms with Gasteiger partial charge in [-0.2, -0.15) is 0 Å². The van der Waals surface area contributed by atoms with Crippen LogP contribution in [0.3, 0.4) is 0 Å². The molecular weight excluding hydrogens is 592 g/mol. The molecule has 0 radical (unpaired) electrons. The Bertz CT molecular complexity index is 1720. The van der Waals surface area contributed by atoms with E-state index >= 15 is 0 Å². The first-order valence-electron chi connectivity index (χ1n) is 15.0. The van der Waals surface area contributed by atoms with Gasteiger partial charge in [-0.25, -0.2) is 4.79 Å². The SMILES string of the molecule is COc1ccc(C(OC[C@]23COCC[C@]2(O)[C@H](OC)[C@H](n2cc(C)c(=O)[nH]c2=O)O3)(c2ccccc2)c2ccc(OC)cc2)cc1. The lowest BCUT2D eigenvalue weighted by Crippen LogP contribution is -2.65. The number of benzene rings is 3. The van der Waals surface area contributed by atoms with E-state index < -0.39 is 40.4 Å². The number of aliphatic hydroxyl groups is 1. The molecule has 4 atom stereocenters. The predicted octanol–water partition coefficient (Wildman–Crippen LogP) is 3.30. The summed E-state index contributed by atoms with van der Waals surface area (Å²) in [7, 11) is 4.67. The van der Waals surface area contributed by atoms with Crippen LogP contribution >= 0.6 is 0 Å². The van der Waals surface area contributed by atoms with E-state index in [-0.39, 0.29) is 26.2 Å². The highest BCUT2D eigenvalue weighted by Gasteiger charge is 2.68. The fraction of sp³-hybridized carbons (Fsp3) is 0.371. The molecule has 2 aliphatic rings. The van der Waals surface area contributed by atoms with Gasteiger partial charge in [0.15, 0.2) is 6.23 Å². The molecule has 0 unspecified atom stereocenters. The number of ether oxygens (including phenoxy) is 6. The third kappa shape index (κ3) is 5.14. The lowest BCUT2D eigenvalue weighted by molar-refractivity contribution is -0.243. The first kappa shape index (κ1) is 31.7. The molecule has 46 heavy (non-hydrogen) atoms. The van der Waals surface area contributed by atoms with Crippen LogP contribution in [0.15, 0.2) is 94.6 Å². The molecule has 0 saturated carbocycles. The number of fused-ring (bicyclic) bond motifs is 1. The number of aryl methyl sites for hydroxylation is 1. The molecule has 2 N–H and O–H groups in total. The average Bonchev–Trinajstić information content (AvgIpc) is 3.35. The summed E-state index contributed by atoms with van der Waals surface area (Å²) in [6.45, 7) is 1.64. The normalized spacial score (nSPS) is 24.4. The highest BCUT2D eigenvalue weighted by atomic mass is 16.6. The molecule has 6 rings (SSSR count). The van der Waals surface area contributed by atoms with Gasteiger partial charge in [0.1, 0.15) is 34.4 Å². The second kappa shape index (κ2) is 12.5. The van der Waals surface area contributed by atoms with E-state index in [9.17, 15) is 14.7 Å². The van der Waals surface area contributed by atoms with Crippen molar-refractivity contribution in [3.8, 4) is 11.5 Å². The zero-order chi connectivity index (χ0) is 32.5. The molecule has 2 aliphatic heterocycles. The molecule has 3 heterocycles. The summed E-state index contributed by atoms with van der Waals surface area (Å²) in [6.07, 6.45) is -0.504. The van der Waals surface area contributed by atoms with Crippen molar-refractivity contribution < 1.29 is 33.5 Å². The van der Waals surface area contributed by atoms with Crippen LogP contribution in [-0.4, -0.2) is 73.1 Å². The number of hydrogen-bond acceptors (Lipinski definition) is 9. The minimum atomic E-state index is -1.63. The first-order valence-corrected chi connectivity index (χ1v) is 15.0. The number of H-pyrrole nitrogens is 1. The Hall–Kier alpha value is -4.26. The Morgan fingerprint density at radius 3 is 2.07 bits per heavy atom. The molecule has 11 heteroatoms. The standard InChI is InChI=1S/C35H38N2O9/c1-23-20-37(32(39)36-30(23)38)31-29(43-4)34(40)18-19-44-21-33(34,46-31)22-45-35(24-8-6-5-7-9-24,25-10-14-27(41-2)15-11-25)26-12-16-28(42-3)17-13-26/h5-17,20,29,31,40H,18-19,21-22H2,1-4H3,(H,36,38,39)/t29-,31-,33-,34+/m1/s1. The van der Waals surface area contributed by atoms with Crippen molar-refractivity contribution in [2.24, 2.45) is 0 Å². The molecule has 1 aromatic heterocycles. The molecule has 0 bridgehead atoms. The first-order chi connectivity index (χ1) is 22.2. The molecule has 0 amide bonds. The molecule has 2 fully saturated rings.